The van der Waals surface area contributed by atoms with Gasteiger partial charge in [-0.1, -0.05) is 12.1 Å². The van der Waals surface area contributed by atoms with Gasteiger partial charge in [-0.05, 0) is 62.9 Å². The molecule has 0 radical (unpaired) electrons. The Balaban J connectivity index is 1.18. The number of amides is 2. The zero-order valence-corrected chi connectivity index (χ0v) is 18.2. The van der Waals surface area contributed by atoms with Gasteiger partial charge in [-0.3, -0.25) is 4.79 Å². The first-order valence-corrected chi connectivity index (χ1v) is 11.9. The molecule has 5 aliphatic rings. The third kappa shape index (κ3) is 3.48. The lowest BCUT2D eigenvalue weighted by atomic mass is 9.76. The van der Waals surface area contributed by atoms with Crippen LogP contribution in [0.2, 0.25) is 0 Å². The molecular formula is C25H29N3O4. The average molecular weight is 436 g/mol. The summed E-state index contributed by atoms with van der Waals surface area (Å²) < 4.78 is 11.9. The van der Waals surface area contributed by atoms with Crippen LogP contribution >= 0.6 is 0 Å². The fourth-order valence-corrected chi connectivity index (χ4v) is 5.86. The molecule has 5 saturated heterocycles. The smallest absolute Gasteiger partial charge is 0.417 e. The second kappa shape index (κ2) is 7.96. The molecule has 7 nitrogen and oxygen atoms in total. The quantitative estimate of drug-likeness (QED) is 0.730. The number of hydrogen-bond acceptors (Lipinski definition) is 5. The van der Waals surface area contributed by atoms with Crippen LogP contribution in [0.1, 0.15) is 36.0 Å². The van der Waals surface area contributed by atoms with Crippen LogP contribution in [-0.2, 0) is 4.74 Å². The predicted octanol–water partition coefficient (Wildman–Crippen LogP) is 3.85. The number of cyclic esters (lactones) is 1. The van der Waals surface area contributed by atoms with Crippen molar-refractivity contribution in [1.82, 2.24) is 9.80 Å². The molecule has 2 bridgehead atoms. The maximum Gasteiger partial charge on any atom is 0.417 e. The minimum absolute atomic E-state index is 0.0691. The van der Waals surface area contributed by atoms with Crippen LogP contribution < -0.4 is 4.90 Å². The zero-order chi connectivity index (χ0) is 21.7. The van der Waals surface area contributed by atoms with Crippen molar-refractivity contribution in [2.75, 3.05) is 44.2 Å². The Morgan fingerprint density at radius 1 is 0.969 bits per heavy atom. The summed E-state index contributed by atoms with van der Waals surface area (Å²) in [5.41, 5.74) is 1.51. The van der Waals surface area contributed by atoms with Crippen molar-refractivity contribution in [2.45, 2.75) is 31.8 Å². The standard InChI is InChI=1S/C25H29N3O4/c29-24(27-10-1-2-11-27)19-5-3-4-18(14-19)21-6-7-23(31-21)28-16-22(32-25(28)30)20-15-26-12-8-17(20)9-13-26/h3-7,14,17,20,22H,1-2,8-13,15-16H2/t20?,22-/m0/s1. The molecule has 0 N–H and O–H groups in total. The Morgan fingerprint density at radius 3 is 2.53 bits per heavy atom. The number of ether oxygens (including phenoxy) is 1. The van der Waals surface area contributed by atoms with Crippen LogP contribution in [0.15, 0.2) is 40.8 Å². The number of carbonyl (C=O) groups excluding carboxylic acids is 2. The summed E-state index contributed by atoms with van der Waals surface area (Å²) in [4.78, 5) is 31.4. The van der Waals surface area contributed by atoms with E-state index < -0.39 is 0 Å². The van der Waals surface area contributed by atoms with E-state index in [2.05, 4.69) is 4.90 Å². The van der Waals surface area contributed by atoms with E-state index in [4.69, 9.17) is 9.15 Å². The molecule has 5 aliphatic heterocycles. The Morgan fingerprint density at radius 2 is 1.78 bits per heavy atom. The van der Waals surface area contributed by atoms with Crippen LogP contribution in [0, 0.1) is 11.8 Å². The first-order valence-electron chi connectivity index (χ1n) is 11.9. The van der Waals surface area contributed by atoms with E-state index in [0.717, 1.165) is 38.0 Å². The van der Waals surface area contributed by atoms with Crippen molar-refractivity contribution in [3.63, 3.8) is 0 Å². The molecule has 1 aromatic heterocycles. The van der Waals surface area contributed by atoms with Crippen molar-refractivity contribution in [1.29, 1.82) is 0 Å². The van der Waals surface area contributed by atoms with Gasteiger partial charge < -0.3 is 19.0 Å². The molecular weight excluding hydrogens is 406 g/mol. The van der Waals surface area contributed by atoms with Crippen molar-refractivity contribution < 1.29 is 18.7 Å². The highest BCUT2D eigenvalue weighted by Crippen LogP contribution is 2.39. The maximum absolute atomic E-state index is 12.8. The monoisotopic (exact) mass is 435 g/mol. The number of fused-ring (bicyclic) bond motifs is 3. The summed E-state index contributed by atoms with van der Waals surface area (Å²) in [5, 5.41) is 0. The number of hydrogen-bond donors (Lipinski definition) is 0. The number of piperidine rings is 3. The fraction of sp³-hybridized carbons (Fsp3) is 0.520. The van der Waals surface area contributed by atoms with Gasteiger partial charge in [0.2, 0.25) is 5.88 Å². The van der Waals surface area contributed by atoms with Gasteiger partial charge in [0, 0.05) is 42.7 Å². The van der Waals surface area contributed by atoms with E-state index in [1.54, 1.807) is 4.90 Å². The SMILES string of the molecule is O=C(c1cccc(-c2ccc(N3C[C@@H](C4CN5CCC4CC5)OC3=O)o2)c1)N1CCCC1. The molecule has 0 spiro atoms. The highest BCUT2D eigenvalue weighted by atomic mass is 16.6. The van der Waals surface area contributed by atoms with E-state index in [-0.39, 0.29) is 18.1 Å². The molecule has 1 aromatic carbocycles. The van der Waals surface area contributed by atoms with Gasteiger partial charge in [-0.15, -0.1) is 0 Å². The number of carbonyl (C=O) groups is 2. The van der Waals surface area contributed by atoms with Crippen molar-refractivity contribution in [3.05, 3.63) is 42.0 Å². The van der Waals surface area contributed by atoms with Crippen molar-refractivity contribution >= 4 is 17.9 Å². The Kier molecular flexibility index (Phi) is 4.94. The molecule has 2 atom stereocenters. The summed E-state index contributed by atoms with van der Waals surface area (Å²) in [7, 11) is 0. The van der Waals surface area contributed by atoms with Crippen LogP contribution in [0.3, 0.4) is 0 Å². The highest BCUT2D eigenvalue weighted by molar-refractivity contribution is 5.95. The third-order valence-electron chi connectivity index (χ3n) is 7.66. The third-order valence-corrected chi connectivity index (χ3v) is 7.66. The summed E-state index contributed by atoms with van der Waals surface area (Å²) in [5.74, 6) is 2.29. The molecule has 7 rings (SSSR count). The van der Waals surface area contributed by atoms with Crippen molar-refractivity contribution in [2.24, 2.45) is 11.8 Å². The second-order valence-corrected chi connectivity index (χ2v) is 9.55. The first kappa shape index (κ1) is 19.9. The predicted molar refractivity (Wildman–Crippen MR) is 120 cm³/mol. The van der Waals surface area contributed by atoms with E-state index in [0.29, 0.717) is 35.6 Å². The number of nitrogens with zero attached hydrogens (tertiary/aromatic N) is 3. The molecule has 5 fully saturated rings. The summed E-state index contributed by atoms with van der Waals surface area (Å²) in [6, 6.07) is 11.2. The zero-order valence-electron chi connectivity index (χ0n) is 18.2. The van der Waals surface area contributed by atoms with Crippen LogP contribution in [0.25, 0.3) is 11.3 Å². The number of furan rings is 1. The maximum atomic E-state index is 12.8. The van der Waals surface area contributed by atoms with Gasteiger partial charge in [0.25, 0.3) is 5.91 Å². The van der Waals surface area contributed by atoms with E-state index in [1.807, 2.05) is 41.3 Å². The van der Waals surface area contributed by atoms with Crippen LogP contribution in [-0.4, -0.2) is 67.2 Å². The lowest BCUT2D eigenvalue weighted by Crippen LogP contribution is -2.52. The minimum atomic E-state index is -0.328. The second-order valence-electron chi connectivity index (χ2n) is 9.55. The lowest BCUT2D eigenvalue weighted by Gasteiger charge is -2.46. The molecule has 1 unspecified atom stereocenters. The Hall–Kier alpha value is -2.80. The normalized spacial score (nSPS) is 29.6. The Labute approximate surface area is 187 Å². The number of likely N-dealkylation sites (tertiary alicyclic amines) is 1. The van der Waals surface area contributed by atoms with Gasteiger partial charge in [0.05, 0.1) is 6.54 Å². The van der Waals surface area contributed by atoms with Gasteiger partial charge in [0.15, 0.2) is 0 Å². The van der Waals surface area contributed by atoms with Gasteiger partial charge in [0.1, 0.15) is 11.9 Å². The molecule has 32 heavy (non-hydrogen) atoms. The average Bonchev–Trinajstić information content (AvgIpc) is 3.60. The number of rotatable bonds is 4. The van der Waals surface area contributed by atoms with Gasteiger partial charge >= 0.3 is 6.09 Å². The lowest BCUT2D eigenvalue weighted by molar-refractivity contribution is -0.0138. The topological polar surface area (TPSA) is 66.2 Å². The summed E-state index contributed by atoms with van der Waals surface area (Å²) >= 11 is 0. The van der Waals surface area contributed by atoms with E-state index in [9.17, 15) is 9.59 Å². The fourth-order valence-electron chi connectivity index (χ4n) is 5.86. The molecule has 0 saturated carbocycles. The minimum Gasteiger partial charge on any atom is -0.444 e. The molecule has 2 amide bonds. The van der Waals surface area contributed by atoms with Gasteiger partial charge in [-0.25, -0.2) is 9.69 Å². The molecule has 0 aliphatic carbocycles. The van der Waals surface area contributed by atoms with Crippen LogP contribution in [0.4, 0.5) is 10.7 Å². The molecule has 7 heteroatoms. The van der Waals surface area contributed by atoms with Gasteiger partial charge in [-0.2, -0.15) is 0 Å². The summed E-state index contributed by atoms with van der Waals surface area (Å²) in [6.45, 7) is 5.56. The molecule has 6 heterocycles. The molecule has 2 aromatic rings. The number of anilines is 1. The number of benzene rings is 1. The Bertz CT molecular complexity index is 1020. The van der Waals surface area contributed by atoms with E-state index in [1.165, 1.54) is 25.9 Å². The highest BCUT2D eigenvalue weighted by Gasteiger charge is 2.45. The van der Waals surface area contributed by atoms with E-state index >= 15 is 0 Å². The summed E-state index contributed by atoms with van der Waals surface area (Å²) in [6.07, 6.45) is 4.14. The van der Waals surface area contributed by atoms with Crippen molar-refractivity contribution in [3.8, 4) is 11.3 Å². The first-order chi connectivity index (χ1) is 15.7. The largest absolute Gasteiger partial charge is 0.444 e. The van der Waals surface area contributed by atoms with Crippen LogP contribution in [0.5, 0.6) is 0 Å². The molecule has 168 valence electrons.